The third-order valence-electron chi connectivity index (χ3n) is 5.51. The minimum atomic E-state index is -1.94. The standard InChI is InChI=1S/C22H30O9/c1-8-22(6)9-15(31-20(27)11(2)10-30-14(5)23)16(12(3)21(28)29-7)18(24)17(22)13(4)19(25)26/h8,15-19,24-26H,1-4,9-10H2,5-7H3/t15-,16+,17?,18-,22+/m0/s1. The monoisotopic (exact) mass is 438 g/mol. The molecule has 9 nitrogen and oxygen atoms in total. The average Bonchev–Trinajstić information content (AvgIpc) is 2.70. The lowest BCUT2D eigenvalue weighted by molar-refractivity contribution is -0.163. The number of carbonyl (C=O) groups is 3. The number of rotatable bonds is 9. The van der Waals surface area contributed by atoms with Crippen LogP contribution in [0.25, 0.3) is 0 Å². The fourth-order valence-corrected chi connectivity index (χ4v) is 3.80. The van der Waals surface area contributed by atoms with E-state index in [-0.39, 0.29) is 29.7 Å². The van der Waals surface area contributed by atoms with Gasteiger partial charge in [0.25, 0.3) is 0 Å². The topological polar surface area (TPSA) is 140 Å². The Balaban J connectivity index is 3.34. The van der Waals surface area contributed by atoms with Gasteiger partial charge in [-0.1, -0.05) is 32.7 Å². The number of allylic oxidation sites excluding steroid dienone is 1. The van der Waals surface area contributed by atoms with Gasteiger partial charge in [-0.3, -0.25) is 4.79 Å². The fraction of sp³-hybridized carbons (Fsp3) is 0.500. The zero-order chi connectivity index (χ0) is 24.1. The van der Waals surface area contributed by atoms with Crippen LogP contribution in [0.1, 0.15) is 20.3 Å². The summed E-state index contributed by atoms with van der Waals surface area (Å²) in [4.78, 5) is 35.6. The molecule has 1 aliphatic carbocycles. The van der Waals surface area contributed by atoms with E-state index >= 15 is 0 Å². The molecule has 0 aromatic carbocycles. The molecule has 0 aliphatic heterocycles. The van der Waals surface area contributed by atoms with Crippen molar-refractivity contribution in [1.29, 1.82) is 0 Å². The fourth-order valence-electron chi connectivity index (χ4n) is 3.80. The first kappa shape index (κ1) is 26.3. The highest BCUT2D eigenvalue weighted by Crippen LogP contribution is 2.50. The Hall–Kier alpha value is -2.75. The van der Waals surface area contributed by atoms with E-state index in [1.165, 1.54) is 13.0 Å². The number of aliphatic hydroxyl groups is 3. The van der Waals surface area contributed by atoms with Crippen molar-refractivity contribution in [3.05, 3.63) is 49.1 Å². The summed E-state index contributed by atoms with van der Waals surface area (Å²) in [5.74, 6) is -4.43. The Morgan fingerprint density at radius 1 is 1.19 bits per heavy atom. The van der Waals surface area contributed by atoms with Gasteiger partial charge in [-0.25, -0.2) is 9.59 Å². The second kappa shape index (κ2) is 10.5. The lowest BCUT2D eigenvalue weighted by Gasteiger charge is -2.50. The number of hydrogen-bond acceptors (Lipinski definition) is 9. The Bertz CT molecular complexity index is 782. The number of aliphatic hydroxyl groups excluding tert-OH is 2. The third kappa shape index (κ3) is 5.90. The van der Waals surface area contributed by atoms with Gasteiger partial charge in [0.2, 0.25) is 0 Å². The molecule has 31 heavy (non-hydrogen) atoms. The zero-order valence-corrected chi connectivity index (χ0v) is 18.0. The quantitative estimate of drug-likeness (QED) is 0.157. The highest BCUT2D eigenvalue weighted by atomic mass is 16.6. The largest absolute Gasteiger partial charge is 0.466 e. The van der Waals surface area contributed by atoms with Crippen LogP contribution in [-0.4, -0.2) is 65.4 Å². The number of methoxy groups -OCH3 is 1. The van der Waals surface area contributed by atoms with Crippen molar-refractivity contribution in [3.63, 3.8) is 0 Å². The summed E-state index contributed by atoms with van der Waals surface area (Å²) >= 11 is 0. The van der Waals surface area contributed by atoms with Crippen LogP contribution in [0, 0.1) is 17.3 Å². The van der Waals surface area contributed by atoms with Gasteiger partial charge in [-0.05, 0) is 17.4 Å². The molecule has 1 unspecified atom stereocenters. The summed E-state index contributed by atoms with van der Waals surface area (Å²) in [6.45, 7) is 17.1. The third-order valence-corrected chi connectivity index (χ3v) is 5.51. The van der Waals surface area contributed by atoms with Crippen LogP contribution in [-0.2, 0) is 28.6 Å². The van der Waals surface area contributed by atoms with Crippen LogP contribution < -0.4 is 0 Å². The van der Waals surface area contributed by atoms with Crippen LogP contribution in [0.2, 0.25) is 0 Å². The summed E-state index contributed by atoms with van der Waals surface area (Å²) in [6.07, 6.45) is -2.94. The minimum Gasteiger partial charge on any atom is -0.466 e. The molecule has 3 N–H and O–H groups in total. The highest BCUT2D eigenvalue weighted by molar-refractivity contribution is 5.90. The molecule has 0 radical (unpaired) electrons. The van der Waals surface area contributed by atoms with Crippen LogP contribution in [0.4, 0.5) is 0 Å². The predicted octanol–water partition coefficient (Wildman–Crippen LogP) is 0.803. The van der Waals surface area contributed by atoms with Gasteiger partial charge in [0, 0.05) is 18.4 Å². The SMILES string of the molecule is C=C[C@]1(C)C[C@H](OC(=O)C(=C)COC(C)=O)[C@@H](C(=C)C(=O)OC)[C@H](O)C1C(=C)C(O)O. The summed E-state index contributed by atoms with van der Waals surface area (Å²) in [5.41, 5.74) is -1.41. The molecule has 0 amide bonds. The first-order chi connectivity index (χ1) is 14.3. The van der Waals surface area contributed by atoms with E-state index in [1.54, 1.807) is 6.92 Å². The average molecular weight is 438 g/mol. The minimum absolute atomic E-state index is 0.0389. The van der Waals surface area contributed by atoms with Gasteiger partial charge in [-0.2, -0.15) is 0 Å². The van der Waals surface area contributed by atoms with E-state index < -0.39 is 53.7 Å². The molecular weight excluding hydrogens is 408 g/mol. The summed E-state index contributed by atoms with van der Waals surface area (Å²) in [5, 5.41) is 30.4. The maximum atomic E-state index is 12.5. The molecule has 0 aromatic rings. The molecule has 5 atom stereocenters. The van der Waals surface area contributed by atoms with E-state index in [2.05, 4.69) is 26.3 Å². The van der Waals surface area contributed by atoms with Gasteiger partial charge in [0.05, 0.1) is 24.7 Å². The van der Waals surface area contributed by atoms with Crippen LogP contribution in [0.3, 0.4) is 0 Å². The van der Waals surface area contributed by atoms with E-state index in [1.807, 2.05) is 0 Å². The molecule has 1 rings (SSSR count). The Morgan fingerprint density at radius 2 is 1.77 bits per heavy atom. The van der Waals surface area contributed by atoms with Gasteiger partial charge in [0.15, 0.2) is 6.29 Å². The van der Waals surface area contributed by atoms with Crippen molar-refractivity contribution in [1.82, 2.24) is 0 Å². The molecule has 0 heterocycles. The summed E-state index contributed by atoms with van der Waals surface area (Å²) in [7, 11) is 1.13. The first-order valence-corrected chi connectivity index (χ1v) is 9.46. The molecule has 0 spiro atoms. The maximum Gasteiger partial charge on any atom is 0.337 e. The molecule has 9 heteroatoms. The molecule has 1 saturated carbocycles. The molecule has 1 aliphatic rings. The Morgan fingerprint density at radius 3 is 2.23 bits per heavy atom. The number of carbonyl (C=O) groups excluding carboxylic acids is 3. The Kier molecular flexibility index (Phi) is 8.92. The number of ether oxygens (including phenoxy) is 3. The number of hydrogen-bond donors (Lipinski definition) is 3. The second-order valence-electron chi connectivity index (χ2n) is 7.70. The molecule has 172 valence electrons. The summed E-state index contributed by atoms with van der Waals surface area (Å²) in [6, 6.07) is 0. The zero-order valence-electron chi connectivity index (χ0n) is 18.0. The molecule has 0 saturated heterocycles. The number of esters is 3. The lowest BCUT2D eigenvalue weighted by atomic mass is 9.58. The van der Waals surface area contributed by atoms with Crippen molar-refractivity contribution < 1.29 is 43.9 Å². The van der Waals surface area contributed by atoms with Crippen molar-refractivity contribution >= 4 is 17.9 Å². The molecular formula is C22H30O9. The van der Waals surface area contributed by atoms with Gasteiger partial charge in [0.1, 0.15) is 12.7 Å². The maximum absolute atomic E-state index is 12.5. The smallest absolute Gasteiger partial charge is 0.337 e. The van der Waals surface area contributed by atoms with Gasteiger partial charge >= 0.3 is 17.9 Å². The summed E-state index contributed by atoms with van der Waals surface area (Å²) < 4.78 is 14.9. The highest BCUT2D eigenvalue weighted by Gasteiger charge is 2.54. The van der Waals surface area contributed by atoms with E-state index in [4.69, 9.17) is 14.2 Å². The van der Waals surface area contributed by atoms with E-state index in [0.717, 1.165) is 7.11 Å². The van der Waals surface area contributed by atoms with Crippen molar-refractivity contribution in [2.24, 2.45) is 17.3 Å². The van der Waals surface area contributed by atoms with E-state index in [9.17, 15) is 29.7 Å². The normalized spacial score (nSPS) is 27.7. The van der Waals surface area contributed by atoms with Crippen LogP contribution >= 0.6 is 0 Å². The van der Waals surface area contributed by atoms with Crippen LogP contribution in [0.5, 0.6) is 0 Å². The molecule has 0 aromatic heterocycles. The van der Waals surface area contributed by atoms with Crippen molar-refractivity contribution in [2.45, 2.75) is 38.8 Å². The van der Waals surface area contributed by atoms with Gasteiger partial charge < -0.3 is 29.5 Å². The second-order valence-corrected chi connectivity index (χ2v) is 7.70. The predicted molar refractivity (Wildman–Crippen MR) is 110 cm³/mol. The van der Waals surface area contributed by atoms with E-state index in [0.29, 0.717) is 0 Å². The van der Waals surface area contributed by atoms with Crippen LogP contribution in [0.15, 0.2) is 49.1 Å². The lowest BCUT2D eigenvalue weighted by Crippen LogP contribution is -2.55. The molecule has 1 fully saturated rings. The Labute approximate surface area is 181 Å². The van der Waals surface area contributed by atoms with Crippen molar-refractivity contribution in [2.75, 3.05) is 13.7 Å². The van der Waals surface area contributed by atoms with Crippen molar-refractivity contribution in [3.8, 4) is 0 Å². The van der Waals surface area contributed by atoms with Gasteiger partial charge in [-0.15, -0.1) is 6.58 Å². The first-order valence-electron chi connectivity index (χ1n) is 9.46. The molecule has 0 bridgehead atoms.